The second-order valence-corrected chi connectivity index (χ2v) is 3.80. The van der Waals surface area contributed by atoms with E-state index in [9.17, 15) is 0 Å². The maximum absolute atomic E-state index is 5.43. The van der Waals surface area contributed by atoms with Crippen molar-refractivity contribution in [1.82, 2.24) is 10.9 Å². The van der Waals surface area contributed by atoms with Crippen LogP contribution in [0.4, 0.5) is 0 Å². The smallest absolute Gasteiger partial charge is 0.273 e. The van der Waals surface area contributed by atoms with Crippen molar-refractivity contribution in [2.75, 3.05) is 0 Å². The summed E-state index contributed by atoms with van der Waals surface area (Å²) in [5.41, 5.74) is 16.1. The Morgan fingerprint density at radius 1 is 1.00 bits per heavy atom. The second kappa shape index (κ2) is 1.99. The fourth-order valence-corrected chi connectivity index (χ4v) is 0.796. The van der Waals surface area contributed by atoms with Crippen LogP contribution in [-0.4, -0.2) is 10.4 Å². The van der Waals surface area contributed by atoms with Gasteiger partial charge in [0.25, 0.3) is 10.4 Å². The molecule has 2 heterocycles. The summed E-state index contributed by atoms with van der Waals surface area (Å²) < 4.78 is 9.44. The Morgan fingerprint density at radius 2 is 1.30 bits per heavy atom. The molecule has 2 unspecified atom stereocenters. The first-order valence-corrected chi connectivity index (χ1v) is 3.96. The molecule has 0 aromatic heterocycles. The second-order valence-electron chi connectivity index (χ2n) is 1.92. The van der Waals surface area contributed by atoms with Crippen molar-refractivity contribution in [2.45, 2.75) is 10.4 Å². The standard InChI is InChI=1S/C2H6N4O2S2/c3-1(7-9-1)5-6-2(4)8-10-2/h5-6H,3-4H2. The molecule has 0 amide bonds. The summed E-state index contributed by atoms with van der Waals surface area (Å²) >= 11 is 2.25. The molecule has 8 heteroatoms. The highest BCUT2D eigenvalue weighted by Crippen LogP contribution is 2.42. The lowest BCUT2D eigenvalue weighted by Gasteiger charge is -2.08. The van der Waals surface area contributed by atoms with Gasteiger partial charge in [-0.25, -0.2) is 0 Å². The molecule has 6 nitrogen and oxygen atoms in total. The lowest BCUT2D eigenvalue weighted by Crippen LogP contribution is -2.56. The van der Waals surface area contributed by atoms with Crippen LogP contribution in [0.3, 0.4) is 0 Å². The van der Waals surface area contributed by atoms with E-state index in [1.165, 1.54) is 0 Å². The van der Waals surface area contributed by atoms with Crippen molar-refractivity contribution < 1.29 is 8.37 Å². The Morgan fingerprint density at radius 3 is 1.50 bits per heavy atom. The highest BCUT2D eigenvalue weighted by Gasteiger charge is 2.50. The molecule has 0 aliphatic carbocycles. The average Bonchev–Trinajstić information content (AvgIpc) is 2.72. The molecule has 0 radical (unpaired) electrons. The molecule has 0 aromatic rings. The van der Waals surface area contributed by atoms with E-state index in [-0.39, 0.29) is 0 Å². The fraction of sp³-hybridized carbons (Fsp3) is 1.00. The van der Waals surface area contributed by atoms with Crippen molar-refractivity contribution in [1.29, 1.82) is 0 Å². The molecule has 2 rings (SSSR count). The van der Waals surface area contributed by atoms with Crippen LogP contribution >= 0.6 is 24.1 Å². The number of nitrogens with one attached hydrogen (secondary N) is 2. The first-order valence-electron chi connectivity index (χ1n) is 2.48. The molecular weight excluding hydrogens is 176 g/mol. The first-order chi connectivity index (χ1) is 4.62. The molecule has 2 fully saturated rings. The van der Waals surface area contributed by atoms with Crippen molar-refractivity contribution >= 4 is 24.1 Å². The monoisotopic (exact) mass is 182 g/mol. The van der Waals surface area contributed by atoms with Gasteiger partial charge < -0.3 is 0 Å². The molecule has 2 saturated heterocycles. The van der Waals surface area contributed by atoms with E-state index in [0.29, 0.717) is 0 Å². The maximum atomic E-state index is 5.43. The summed E-state index contributed by atoms with van der Waals surface area (Å²) in [6, 6.07) is 0. The van der Waals surface area contributed by atoms with Gasteiger partial charge in [-0.3, -0.25) is 19.8 Å². The summed E-state index contributed by atoms with van der Waals surface area (Å²) in [5.74, 6) is 0. The van der Waals surface area contributed by atoms with Crippen LogP contribution in [0.1, 0.15) is 0 Å². The Kier molecular flexibility index (Phi) is 1.42. The Bertz CT molecular complexity index is 139. The van der Waals surface area contributed by atoms with Crippen LogP contribution in [0.25, 0.3) is 0 Å². The van der Waals surface area contributed by atoms with Gasteiger partial charge in [0, 0.05) is 0 Å². The number of hydrogen-bond acceptors (Lipinski definition) is 8. The van der Waals surface area contributed by atoms with Crippen molar-refractivity contribution in [3.8, 4) is 0 Å². The number of nitrogens with two attached hydrogens (primary N) is 2. The van der Waals surface area contributed by atoms with Crippen LogP contribution < -0.4 is 22.3 Å². The lowest BCUT2D eigenvalue weighted by molar-refractivity contribution is 0.168. The van der Waals surface area contributed by atoms with E-state index >= 15 is 0 Å². The van der Waals surface area contributed by atoms with Crippen LogP contribution in [0.2, 0.25) is 0 Å². The summed E-state index contributed by atoms with van der Waals surface area (Å²) in [5, 5.41) is -1.64. The molecular formula is C2H6N4O2S2. The van der Waals surface area contributed by atoms with Crippen LogP contribution in [0.5, 0.6) is 0 Å². The van der Waals surface area contributed by atoms with Crippen LogP contribution in [0.15, 0.2) is 0 Å². The highest BCUT2D eigenvalue weighted by molar-refractivity contribution is 8.01. The summed E-state index contributed by atoms with van der Waals surface area (Å²) in [6.45, 7) is 0. The van der Waals surface area contributed by atoms with Crippen LogP contribution in [-0.2, 0) is 8.37 Å². The molecule has 0 bridgehead atoms. The largest absolute Gasteiger partial charge is 0.278 e. The Labute approximate surface area is 65.7 Å². The molecule has 10 heavy (non-hydrogen) atoms. The molecule has 2 aliphatic rings. The first kappa shape index (κ1) is 7.13. The molecule has 0 aromatic carbocycles. The topological polar surface area (TPSA) is 101 Å². The average molecular weight is 182 g/mol. The van der Waals surface area contributed by atoms with Gasteiger partial charge in [0.15, 0.2) is 0 Å². The Hall–Kier alpha value is 0.460. The minimum Gasteiger partial charge on any atom is -0.278 e. The van der Waals surface area contributed by atoms with Crippen LogP contribution in [0, 0.1) is 0 Å². The number of hydrazine groups is 1. The van der Waals surface area contributed by atoms with Gasteiger partial charge in [0.1, 0.15) is 0 Å². The van der Waals surface area contributed by atoms with Crippen molar-refractivity contribution in [3.63, 3.8) is 0 Å². The van der Waals surface area contributed by atoms with Gasteiger partial charge in [-0.05, 0) is 0 Å². The van der Waals surface area contributed by atoms with E-state index in [1.807, 2.05) is 0 Å². The Balaban J connectivity index is 1.72. The van der Waals surface area contributed by atoms with Gasteiger partial charge in [-0.2, -0.15) is 10.9 Å². The third-order valence-electron chi connectivity index (χ3n) is 0.937. The van der Waals surface area contributed by atoms with Gasteiger partial charge in [0.2, 0.25) is 0 Å². The predicted molar refractivity (Wildman–Crippen MR) is 37.5 cm³/mol. The van der Waals surface area contributed by atoms with E-state index in [2.05, 4.69) is 10.9 Å². The summed E-state index contributed by atoms with van der Waals surface area (Å²) in [6.07, 6.45) is 0. The third-order valence-corrected chi connectivity index (χ3v) is 2.19. The van der Waals surface area contributed by atoms with E-state index in [0.717, 1.165) is 24.1 Å². The van der Waals surface area contributed by atoms with Crippen molar-refractivity contribution in [3.05, 3.63) is 0 Å². The molecule has 58 valence electrons. The van der Waals surface area contributed by atoms with E-state index < -0.39 is 10.4 Å². The zero-order valence-electron chi connectivity index (χ0n) is 4.79. The lowest BCUT2D eigenvalue weighted by atomic mass is 11.0. The molecule has 0 saturated carbocycles. The SMILES string of the molecule is NC1(NNC2(N)OS2)OS1. The molecule has 0 spiro atoms. The minimum atomic E-state index is -0.821. The van der Waals surface area contributed by atoms with Gasteiger partial charge in [-0.1, -0.05) is 0 Å². The fourth-order valence-electron chi connectivity index (χ4n) is 0.347. The maximum Gasteiger partial charge on any atom is 0.273 e. The molecule has 2 atom stereocenters. The molecule has 6 N–H and O–H groups in total. The van der Waals surface area contributed by atoms with Gasteiger partial charge >= 0.3 is 0 Å². The predicted octanol–water partition coefficient (Wildman–Crippen LogP) is -1.42. The van der Waals surface area contributed by atoms with Gasteiger partial charge in [0.05, 0.1) is 24.1 Å². The molecule has 2 aliphatic heterocycles. The zero-order chi connectivity index (χ0) is 7.24. The number of rotatable bonds is 3. The van der Waals surface area contributed by atoms with E-state index in [4.69, 9.17) is 19.8 Å². The quantitative estimate of drug-likeness (QED) is 0.182. The minimum absolute atomic E-state index is 0.821. The van der Waals surface area contributed by atoms with E-state index in [1.54, 1.807) is 0 Å². The normalized spacial score (nSPS) is 51.0. The van der Waals surface area contributed by atoms with Gasteiger partial charge in [-0.15, -0.1) is 0 Å². The highest BCUT2D eigenvalue weighted by atomic mass is 32.2. The zero-order valence-corrected chi connectivity index (χ0v) is 6.42. The number of hydrogen-bond donors (Lipinski definition) is 4. The summed E-state index contributed by atoms with van der Waals surface area (Å²) in [4.78, 5) is 0. The summed E-state index contributed by atoms with van der Waals surface area (Å²) in [7, 11) is 0. The third kappa shape index (κ3) is 1.54. The van der Waals surface area contributed by atoms with Crippen molar-refractivity contribution in [2.24, 2.45) is 11.5 Å².